The van der Waals surface area contributed by atoms with E-state index in [1.807, 2.05) is 65.2 Å². The van der Waals surface area contributed by atoms with E-state index in [1.165, 1.54) is 5.56 Å². The molecule has 1 aromatic heterocycles. The Hall–Kier alpha value is -4.99. The number of unbranched alkanes of at least 4 members (excludes halogenated alkanes) is 2. The number of aromatic amines is 1. The molecule has 2 aliphatic heterocycles. The first-order valence-electron chi connectivity index (χ1n) is 17.0. The highest BCUT2D eigenvalue weighted by molar-refractivity contribution is 5.94. The van der Waals surface area contributed by atoms with Crippen LogP contribution in [0.3, 0.4) is 0 Å². The fourth-order valence-electron chi connectivity index (χ4n) is 6.93. The SMILES string of the molecule is O=C(NCCCCCO)c1ccc2c(c1)=CN(c1ccccc1)C(c1ccc(CN3CCC(n4c(=O)[nH]c5ccccc54)CC3)cc1)N=2. The van der Waals surface area contributed by atoms with Crippen molar-refractivity contribution in [3.8, 4) is 0 Å². The van der Waals surface area contributed by atoms with Gasteiger partial charge < -0.3 is 20.3 Å². The summed E-state index contributed by atoms with van der Waals surface area (Å²) >= 11 is 0. The molecule has 0 radical (unpaired) electrons. The Kier molecular flexibility index (Phi) is 9.49. The summed E-state index contributed by atoms with van der Waals surface area (Å²) in [6.07, 6.45) is 6.21. The minimum absolute atomic E-state index is 0.0185. The first-order chi connectivity index (χ1) is 23.6. The van der Waals surface area contributed by atoms with E-state index in [-0.39, 0.29) is 30.4 Å². The lowest BCUT2D eigenvalue weighted by atomic mass is 10.0. The summed E-state index contributed by atoms with van der Waals surface area (Å²) in [4.78, 5) is 38.4. The molecular formula is C39H42N6O3. The zero-order valence-electron chi connectivity index (χ0n) is 27.1. The zero-order valence-corrected chi connectivity index (χ0v) is 27.1. The number of carbonyl (C=O) groups is 1. The van der Waals surface area contributed by atoms with E-state index in [9.17, 15) is 9.59 Å². The van der Waals surface area contributed by atoms with E-state index in [1.54, 1.807) is 0 Å². The Balaban J connectivity index is 1.05. The van der Waals surface area contributed by atoms with Gasteiger partial charge in [-0.2, -0.15) is 0 Å². The number of aromatic nitrogens is 2. The zero-order chi connectivity index (χ0) is 32.9. The number of para-hydroxylation sites is 3. The van der Waals surface area contributed by atoms with Crippen molar-refractivity contribution in [2.24, 2.45) is 4.99 Å². The smallest absolute Gasteiger partial charge is 0.326 e. The lowest BCUT2D eigenvalue weighted by molar-refractivity contribution is 0.0952. The second-order valence-corrected chi connectivity index (χ2v) is 12.8. The van der Waals surface area contributed by atoms with Gasteiger partial charge >= 0.3 is 5.69 Å². The number of nitrogens with zero attached hydrogens (tertiary/aromatic N) is 4. The minimum atomic E-state index is -0.245. The molecule has 4 aromatic carbocycles. The molecular weight excluding hydrogens is 600 g/mol. The molecule has 0 aliphatic carbocycles. The van der Waals surface area contributed by atoms with Gasteiger partial charge in [0.2, 0.25) is 0 Å². The van der Waals surface area contributed by atoms with E-state index in [2.05, 4.69) is 62.7 Å². The molecule has 246 valence electrons. The number of rotatable bonds is 11. The Morgan fingerprint density at radius 1 is 0.896 bits per heavy atom. The number of aliphatic hydroxyl groups excluding tert-OH is 1. The highest BCUT2D eigenvalue weighted by Crippen LogP contribution is 2.30. The molecule has 9 nitrogen and oxygen atoms in total. The van der Waals surface area contributed by atoms with E-state index >= 15 is 0 Å². The van der Waals surface area contributed by atoms with Crippen LogP contribution in [0.1, 0.15) is 65.8 Å². The molecule has 1 saturated heterocycles. The molecule has 1 amide bonds. The van der Waals surface area contributed by atoms with Crippen molar-refractivity contribution in [2.75, 3.05) is 31.1 Å². The Morgan fingerprint density at radius 3 is 2.46 bits per heavy atom. The second-order valence-electron chi connectivity index (χ2n) is 12.8. The number of aliphatic hydroxyl groups is 1. The monoisotopic (exact) mass is 642 g/mol. The number of imidazole rings is 1. The number of carbonyl (C=O) groups excluding carboxylic acids is 1. The number of fused-ring (bicyclic) bond motifs is 2. The molecule has 0 saturated carbocycles. The third-order valence-corrected chi connectivity index (χ3v) is 9.50. The number of likely N-dealkylation sites (tertiary alicyclic amines) is 1. The van der Waals surface area contributed by atoms with Gasteiger partial charge in [-0.15, -0.1) is 0 Å². The number of anilines is 1. The number of hydrogen-bond acceptors (Lipinski definition) is 6. The lowest BCUT2D eigenvalue weighted by Gasteiger charge is -2.33. The third kappa shape index (κ3) is 6.83. The highest BCUT2D eigenvalue weighted by atomic mass is 16.3. The van der Waals surface area contributed by atoms with Crippen LogP contribution in [-0.4, -0.2) is 51.7 Å². The summed E-state index contributed by atoms with van der Waals surface area (Å²) in [7, 11) is 0. The molecule has 3 heterocycles. The molecule has 5 aromatic rings. The van der Waals surface area contributed by atoms with Gasteiger partial charge in [-0.25, -0.2) is 4.79 Å². The van der Waals surface area contributed by atoms with E-state index < -0.39 is 0 Å². The van der Waals surface area contributed by atoms with Gasteiger partial charge in [0.1, 0.15) is 0 Å². The molecule has 0 spiro atoms. The Bertz CT molecular complexity index is 2050. The summed E-state index contributed by atoms with van der Waals surface area (Å²) in [5, 5.41) is 13.7. The van der Waals surface area contributed by atoms with Gasteiger partial charge in [-0.05, 0) is 85.7 Å². The molecule has 9 heteroatoms. The van der Waals surface area contributed by atoms with E-state index in [0.29, 0.717) is 12.1 Å². The summed E-state index contributed by atoms with van der Waals surface area (Å²) in [6.45, 7) is 3.50. The lowest BCUT2D eigenvalue weighted by Crippen LogP contribution is -2.39. The number of piperidine rings is 1. The fourth-order valence-corrected chi connectivity index (χ4v) is 6.93. The van der Waals surface area contributed by atoms with Crippen molar-refractivity contribution in [3.05, 3.63) is 135 Å². The topological polar surface area (TPSA) is 106 Å². The van der Waals surface area contributed by atoms with Crippen molar-refractivity contribution in [3.63, 3.8) is 0 Å². The van der Waals surface area contributed by atoms with E-state index in [4.69, 9.17) is 10.1 Å². The van der Waals surface area contributed by atoms with Crippen LogP contribution in [-0.2, 0) is 6.54 Å². The highest BCUT2D eigenvalue weighted by Gasteiger charge is 2.25. The summed E-state index contributed by atoms with van der Waals surface area (Å²) in [6, 6.07) is 32.8. The average Bonchev–Trinajstić information content (AvgIpc) is 3.47. The van der Waals surface area contributed by atoms with Gasteiger partial charge in [0, 0.05) is 61.5 Å². The second kappa shape index (κ2) is 14.4. The average molecular weight is 643 g/mol. The van der Waals surface area contributed by atoms with Gasteiger partial charge in [0.05, 0.1) is 16.4 Å². The van der Waals surface area contributed by atoms with Crippen LogP contribution in [0.2, 0.25) is 0 Å². The molecule has 3 N–H and O–H groups in total. The van der Waals surface area contributed by atoms with Crippen molar-refractivity contribution < 1.29 is 9.90 Å². The fraction of sp³-hybridized carbons (Fsp3) is 0.308. The first kappa shape index (κ1) is 31.6. The maximum atomic E-state index is 12.9. The predicted molar refractivity (Wildman–Crippen MR) is 189 cm³/mol. The standard InChI is InChI=1S/C39H42N6O3/c46-24-8-2-7-21-40-38(47)30-17-18-34-31(25-30)27-44(32-9-3-1-4-10-32)37(41-34)29-15-13-28(14-16-29)26-43-22-19-33(20-23-43)45-36-12-6-5-11-35(36)42-39(45)48/h1,3-6,9-18,25,27,33,37,46H,2,7-8,19-24,26H2,(H,40,47)(H,42,48). The van der Waals surface area contributed by atoms with Crippen LogP contribution in [0, 0.1) is 0 Å². The van der Waals surface area contributed by atoms with Crippen molar-refractivity contribution in [1.29, 1.82) is 0 Å². The van der Waals surface area contributed by atoms with Crippen LogP contribution in [0.15, 0.2) is 107 Å². The molecule has 48 heavy (non-hydrogen) atoms. The van der Waals surface area contributed by atoms with Crippen LogP contribution in [0.25, 0.3) is 17.2 Å². The van der Waals surface area contributed by atoms with Crippen LogP contribution in [0.4, 0.5) is 5.69 Å². The number of nitrogens with one attached hydrogen (secondary N) is 2. The Morgan fingerprint density at radius 2 is 1.67 bits per heavy atom. The number of amides is 1. The van der Waals surface area contributed by atoms with Crippen molar-refractivity contribution in [1.82, 2.24) is 19.8 Å². The largest absolute Gasteiger partial charge is 0.396 e. The van der Waals surface area contributed by atoms with Crippen molar-refractivity contribution >= 4 is 28.8 Å². The normalized spacial score (nSPS) is 16.7. The quantitative estimate of drug-likeness (QED) is 0.182. The Labute approximate surface area is 279 Å². The van der Waals surface area contributed by atoms with E-state index in [0.717, 1.165) is 84.6 Å². The number of benzene rings is 4. The summed E-state index contributed by atoms with van der Waals surface area (Å²) in [5.41, 5.74) is 5.84. The predicted octanol–water partition coefficient (Wildman–Crippen LogP) is 4.64. The van der Waals surface area contributed by atoms with Gasteiger partial charge in [-0.3, -0.25) is 19.3 Å². The third-order valence-electron chi connectivity index (χ3n) is 9.50. The van der Waals surface area contributed by atoms with Crippen molar-refractivity contribution in [2.45, 2.75) is 50.9 Å². The van der Waals surface area contributed by atoms with Crippen LogP contribution >= 0.6 is 0 Å². The first-order valence-corrected chi connectivity index (χ1v) is 17.0. The summed E-state index contributed by atoms with van der Waals surface area (Å²) < 4.78 is 1.95. The van der Waals surface area contributed by atoms with Gasteiger partial charge in [0.15, 0.2) is 6.17 Å². The summed E-state index contributed by atoms with van der Waals surface area (Å²) in [5.74, 6) is -0.102. The molecule has 0 bridgehead atoms. The molecule has 1 fully saturated rings. The minimum Gasteiger partial charge on any atom is -0.396 e. The molecule has 2 aliphatic rings. The molecule has 1 unspecified atom stereocenters. The maximum Gasteiger partial charge on any atom is 0.326 e. The maximum absolute atomic E-state index is 12.9. The molecule has 7 rings (SSSR count). The number of hydrogen-bond donors (Lipinski definition) is 3. The van der Waals surface area contributed by atoms with Gasteiger partial charge in [-0.1, -0.05) is 54.6 Å². The van der Waals surface area contributed by atoms with Crippen LogP contribution < -0.4 is 26.5 Å². The van der Waals surface area contributed by atoms with Crippen LogP contribution in [0.5, 0.6) is 0 Å². The van der Waals surface area contributed by atoms with Gasteiger partial charge in [0.25, 0.3) is 5.91 Å². The number of H-pyrrole nitrogens is 1. The molecule has 1 atom stereocenters.